The largest absolute Gasteiger partial charge is 0.350 e. The fourth-order valence-corrected chi connectivity index (χ4v) is 5.48. The van der Waals surface area contributed by atoms with Crippen LogP contribution in [0.5, 0.6) is 0 Å². The van der Waals surface area contributed by atoms with Gasteiger partial charge in [0.15, 0.2) is 0 Å². The van der Waals surface area contributed by atoms with Gasteiger partial charge in [0.1, 0.15) is 4.90 Å². The van der Waals surface area contributed by atoms with E-state index in [0.717, 1.165) is 22.7 Å². The first-order valence-corrected chi connectivity index (χ1v) is 10.9. The quantitative estimate of drug-likeness (QED) is 0.839. The van der Waals surface area contributed by atoms with Gasteiger partial charge in [-0.2, -0.15) is 0 Å². The molecule has 2 amide bonds. The Morgan fingerprint density at radius 1 is 1.14 bits per heavy atom. The Morgan fingerprint density at radius 3 is 2.68 bits per heavy atom. The molecule has 0 radical (unpaired) electrons. The highest BCUT2D eigenvalue weighted by Crippen LogP contribution is 2.30. The lowest BCUT2D eigenvalue weighted by molar-refractivity contribution is -0.121. The number of hydrogen-bond donors (Lipinski definition) is 1. The topological polar surface area (TPSA) is 83.6 Å². The monoisotopic (exact) mass is 398 g/mol. The molecule has 0 bridgehead atoms. The van der Waals surface area contributed by atoms with Gasteiger partial charge >= 0.3 is 0 Å². The predicted molar refractivity (Wildman–Crippen MR) is 104 cm³/mol. The van der Waals surface area contributed by atoms with Crippen LogP contribution in [0.3, 0.4) is 0 Å². The molecule has 1 heterocycles. The lowest BCUT2D eigenvalue weighted by Crippen LogP contribution is -2.35. The normalized spacial score (nSPS) is 17.9. The number of sulfonamides is 1. The summed E-state index contributed by atoms with van der Waals surface area (Å²) in [6, 6.07) is 12.2. The van der Waals surface area contributed by atoms with Crippen molar-refractivity contribution < 1.29 is 18.0 Å². The maximum Gasteiger partial charge on any atom is 0.269 e. The van der Waals surface area contributed by atoms with Gasteiger partial charge in [0.25, 0.3) is 15.9 Å². The number of hydrogen-bond acceptors (Lipinski definition) is 4. The van der Waals surface area contributed by atoms with Crippen molar-refractivity contribution in [3.05, 3.63) is 64.7 Å². The molecule has 0 fully saturated rings. The minimum absolute atomic E-state index is 0.00640. The molecule has 1 aliphatic heterocycles. The number of carbonyl (C=O) groups excluding carboxylic acids is 2. The number of carbonyl (C=O) groups is 2. The predicted octanol–water partition coefficient (Wildman–Crippen LogP) is 2.59. The number of nitrogens with one attached hydrogen (secondary N) is 1. The average molecular weight is 398 g/mol. The first-order valence-electron chi connectivity index (χ1n) is 9.45. The summed E-state index contributed by atoms with van der Waals surface area (Å²) in [5, 5.41) is 2.90. The van der Waals surface area contributed by atoms with Crippen molar-refractivity contribution in [2.75, 3.05) is 6.54 Å². The molecule has 28 heavy (non-hydrogen) atoms. The van der Waals surface area contributed by atoms with E-state index in [4.69, 9.17) is 0 Å². The summed E-state index contributed by atoms with van der Waals surface area (Å²) >= 11 is 0. The van der Waals surface area contributed by atoms with Gasteiger partial charge in [0, 0.05) is 13.0 Å². The fourth-order valence-electron chi connectivity index (χ4n) is 3.91. The van der Waals surface area contributed by atoms with Crippen LogP contribution in [0.1, 0.15) is 52.9 Å². The number of fused-ring (bicyclic) bond motifs is 2. The van der Waals surface area contributed by atoms with Crippen molar-refractivity contribution in [3.8, 4) is 0 Å². The number of benzene rings is 2. The highest BCUT2D eigenvalue weighted by molar-refractivity contribution is 7.90. The second kappa shape index (κ2) is 7.05. The van der Waals surface area contributed by atoms with Crippen molar-refractivity contribution >= 4 is 21.8 Å². The molecule has 0 spiro atoms. The molecule has 1 atom stereocenters. The van der Waals surface area contributed by atoms with E-state index in [9.17, 15) is 18.0 Å². The number of amides is 2. The van der Waals surface area contributed by atoms with E-state index in [0.29, 0.717) is 0 Å². The highest BCUT2D eigenvalue weighted by Gasteiger charge is 2.40. The van der Waals surface area contributed by atoms with Gasteiger partial charge in [-0.3, -0.25) is 9.59 Å². The minimum Gasteiger partial charge on any atom is -0.350 e. The van der Waals surface area contributed by atoms with Gasteiger partial charge in [0.2, 0.25) is 5.91 Å². The van der Waals surface area contributed by atoms with Crippen LogP contribution in [0.4, 0.5) is 0 Å². The molecule has 0 unspecified atom stereocenters. The molecular weight excluding hydrogens is 376 g/mol. The molecule has 146 valence electrons. The molecule has 2 aromatic rings. The fraction of sp³-hybridized carbons (Fsp3) is 0.333. The molecule has 0 aromatic heterocycles. The third kappa shape index (κ3) is 3.20. The molecule has 7 heteroatoms. The van der Waals surface area contributed by atoms with E-state index < -0.39 is 15.9 Å². The van der Waals surface area contributed by atoms with E-state index in [-0.39, 0.29) is 35.4 Å². The van der Waals surface area contributed by atoms with E-state index in [2.05, 4.69) is 17.4 Å². The van der Waals surface area contributed by atoms with Crippen molar-refractivity contribution in [1.29, 1.82) is 0 Å². The van der Waals surface area contributed by atoms with Gasteiger partial charge in [-0.25, -0.2) is 12.7 Å². The highest BCUT2D eigenvalue weighted by atomic mass is 32.2. The number of aryl methyl sites for hydroxylation is 2. The van der Waals surface area contributed by atoms with Gasteiger partial charge in [-0.1, -0.05) is 30.3 Å². The lowest BCUT2D eigenvalue weighted by atomic mass is 10.0. The number of rotatable bonds is 5. The third-order valence-corrected chi connectivity index (χ3v) is 7.29. The van der Waals surface area contributed by atoms with E-state index in [1.54, 1.807) is 12.1 Å². The van der Waals surface area contributed by atoms with Crippen molar-refractivity contribution in [2.24, 2.45) is 0 Å². The Hall–Kier alpha value is -2.67. The van der Waals surface area contributed by atoms with Crippen LogP contribution < -0.4 is 5.32 Å². The SMILES string of the molecule is C[C@H](NC(=O)CCN1C(=O)c2ccccc2S1(=O)=O)c1ccc2c(c1)CCC2. The van der Waals surface area contributed by atoms with Crippen LogP contribution in [0.2, 0.25) is 0 Å². The Morgan fingerprint density at radius 2 is 1.89 bits per heavy atom. The summed E-state index contributed by atoms with van der Waals surface area (Å²) < 4.78 is 25.9. The molecule has 1 aliphatic carbocycles. The van der Waals surface area contributed by atoms with E-state index >= 15 is 0 Å². The third-order valence-electron chi connectivity index (χ3n) is 5.45. The smallest absolute Gasteiger partial charge is 0.269 e. The Balaban J connectivity index is 1.39. The van der Waals surface area contributed by atoms with Crippen LogP contribution in [0, 0.1) is 0 Å². The summed E-state index contributed by atoms with van der Waals surface area (Å²) in [6.45, 7) is 1.74. The Bertz CT molecular complexity index is 1060. The number of nitrogens with zero attached hydrogens (tertiary/aromatic N) is 1. The van der Waals surface area contributed by atoms with E-state index in [1.807, 2.05) is 13.0 Å². The molecule has 6 nitrogen and oxygen atoms in total. The van der Waals surface area contributed by atoms with Crippen LogP contribution in [0.15, 0.2) is 47.4 Å². The van der Waals surface area contributed by atoms with Crippen LogP contribution >= 0.6 is 0 Å². The summed E-state index contributed by atoms with van der Waals surface area (Å²) in [5.74, 6) is -0.859. The molecule has 4 rings (SSSR count). The molecular formula is C21H22N2O4S. The van der Waals surface area contributed by atoms with Gasteiger partial charge in [-0.05, 0) is 55.0 Å². The lowest BCUT2D eigenvalue weighted by Gasteiger charge is -2.18. The second-order valence-electron chi connectivity index (χ2n) is 7.30. The van der Waals surface area contributed by atoms with Crippen molar-refractivity contribution in [1.82, 2.24) is 9.62 Å². The zero-order valence-electron chi connectivity index (χ0n) is 15.6. The molecule has 2 aliphatic rings. The van der Waals surface area contributed by atoms with Crippen molar-refractivity contribution in [2.45, 2.75) is 43.5 Å². The summed E-state index contributed by atoms with van der Waals surface area (Å²) in [7, 11) is -3.87. The van der Waals surface area contributed by atoms with Crippen LogP contribution in [-0.2, 0) is 27.7 Å². The van der Waals surface area contributed by atoms with E-state index in [1.165, 1.54) is 29.7 Å². The summed E-state index contributed by atoms with van der Waals surface area (Å²) in [6.07, 6.45) is 3.27. The molecule has 0 saturated carbocycles. The molecule has 2 aromatic carbocycles. The maximum absolute atomic E-state index is 12.5. The Labute approximate surface area is 164 Å². The first kappa shape index (κ1) is 18.7. The van der Waals surface area contributed by atoms with Crippen LogP contribution in [-0.4, -0.2) is 31.1 Å². The van der Waals surface area contributed by atoms with Gasteiger partial charge < -0.3 is 5.32 Å². The zero-order valence-corrected chi connectivity index (χ0v) is 16.5. The standard InChI is InChI=1S/C21H22N2O4S/c1-14(16-10-9-15-5-4-6-17(15)13-16)22-20(24)11-12-23-21(25)18-7-2-3-8-19(18)28(23,26)27/h2-3,7-10,13-14H,4-6,11-12H2,1H3,(H,22,24)/t14-/m0/s1. The van der Waals surface area contributed by atoms with Crippen molar-refractivity contribution in [3.63, 3.8) is 0 Å². The van der Waals surface area contributed by atoms with Gasteiger partial charge in [0.05, 0.1) is 11.6 Å². The Kier molecular flexibility index (Phi) is 4.71. The minimum atomic E-state index is -3.87. The first-order chi connectivity index (χ1) is 13.4. The van der Waals surface area contributed by atoms with Crippen LogP contribution in [0.25, 0.3) is 0 Å². The molecule has 0 saturated heterocycles. The zero-order chi connectivity index (χ0) is 19.9. The molecule has 1 N–H and O–H groups in total. The summed E-state index contributed by atoms with van der Waals surface area (Å²) in [5.41, 5.74) is 3.91. The maximum atomic E-state index is 12.5. The average Bonchev–Trinajstić information content (AvgIpc) is 3.21. The van der Waals surface area contributed by atoms with Gasteiger partial charge in [-0.15, -0.1) is 0 Å². The summed E-state index contributed by atoms with van der Waals surface area (Å²) in [4.78, 5) is 24.8. The second-order valence-corrected chi connectivity index (χ2v) is 9.13.